The van der Waals surface area contributed by atoms with Crippen LogP contribution >= 0.6 is 11.3 Å². The van der Waals surface area contributed by atoms with Gasteiger partial charge < -0.3 is 9.80 Å². The van der Waals surface area contributed by atoms with Gasteiger partial charge in [0.1, 0.15) is 5.01 Å². The van der Waals surface area contributed by atoms with Gasteiger partial charge in [-0.1, -0.05) is 68.7 Å². The molecule has 2 heterocycles. The van der Waals surface area contributed by atoms with Crippen LogP contribution in [0.1, 0.15) is 73.9 Å². The molecule has 1 aliphatic heterocycles. The van der Waals surface area contributed by atoms with Crippen LogP contribution in [0.4, 0.5) is 5.13 Å². The van der Waals surface area contributed by atoms with Crippen LogP contribution in [0.5, 0.6) is 0 Å². The maximum atomic E-state index is 12.6. The van der Waals surface area contributed by atoms with Crippen molar-refractivity contribution in [2.75, 3.05) is 31.1 Å². The highest BCUT2D eigenvalue weighted by Gasteiger charge is 2.24. The fourth-order valence-corrected chi connectivity index (χ4v) is 5.32. The normalized spacial score (nSPS) is 18.5. The number of nitrogens with zero attached hydrogens (tertiary/aromatic N) is 4. The van der Waals surface area contributed by atoms with Crippen LogP contribution in [0.3, 0.4) is 0 Å². The number of hydrogen-bond acceptors (Lipinski definition) is 5. The van der Waals surface area contributed by atoms with Crippen LogP contribution < -0.4 is 4.90 Å². The summed E-state index contributed by atoms with van der Waals surface area (Å²) in [6.45, 7) is 7.48. The Bertz CT molecular complexity index is 860. The molecule has 2 aromatic rings. The molecule has 1 saturated heterocycles. The second-order valence-corrected chi connectivity index (χ2v) is 9.71. The standard InChI is InChI=1S/C24H32N4OS/c1-18(2)20-11-8-19(9-12-20)10-13-22(29)27-14-16-28(17-15-27)24-26-25-23(30-24)21-6-4-3-5-7-21/h8-13,18,21H,3-7,14-17H2,1-2H3/b13-10+. The van der Waals surface area contributed by atoms with E-state index in [1.54, 1.807) is 17.4 Å². The summed E-state index contributed by atoms with van der Waals surface area (Å²) in [4.78, 5) is 16.8. The van der Waals surface area contributed by atoms with E-state index in [2.05, 4.69) is 53.2 Å². The van der Waals surface area contributed by atoms with Gasteiger partial charge in [-0.3, -0.25) is 4.79 Å². The molecule has 0 radical (unpaired) electrons. The minimum Gasteiger partial charge on any atom is -0.343 e. The second-order valence-electron chi connectivity index (χ2n) is 8.72. The van der Waals surface area contributed by atoms with Gasteiger partial charge in [0.2, 0.25) is 11.0 Å². The number of rotatable bonds is 5. The third-order valence-electron chi connectivity index (χ3n) is 6.27. The first-order valence-corrected chi connectivity index (χ1v) is 12.1. The van der Waals surface area contributed by atoms with Gasteiger partial charge in [0, 0.05) is 38.2 Å². The first kappa shape index (κ1) is 21.0. The van der Waals surface area contributed by atoms with Gasteiger partial charge in [0.05, 0.1) is 0 Å². The summed E-state index contributed by atoms with van der Waals surface area (Å²) in [5.41, 5.74) is 2.38. The number of carbonyl (C=O) groups excluding carboxylic acids is 1. The second kappa shape index (κ2) is 9.73. The van der Waals surface area contributed by atoms with E-state index in [1.807, 2.05) is 11.0 Å². The van der Waals surface area contributed by atoms with Crippen molar-refractivity contribution in [3.63, 3.8) is 0 Å². The van der Waals surface area contributed by atoms with Crippen molar-refractivity contribution < 1.29 is 4.79 Å². The van der Waals surface area contributed by atoms with Gasteiger partial charge >= 0.3 is 0 Å². The molecule has 2 fully saturated rings. The van der Waals surface area contributed by atoms with E-state index in [0.717, 1.165) is 36.9 Å². The fourth-order valence-electron chi connectivity index (χ4n) is 4.25. The molecule has 1 aliphatic carbocycles. The number of anilines is 1. The highest BCUT2D eigenvalue weighted by molar-refractivity contribution is 7.15. The summed E-state index contributed by atoms with van der Waals surface area (Å²) in [5.74, 6) is 1.21. The summed E-state index contributed by atoms with van der Waals surface area (Å²) in [6.07, 6.45) is 10.1. The Labute approximate surface area is 183 Å². The minimum absolute atomic E-state index is 0.0859. The van der Waals surface area contributed by atoms with Crippen molar-refractivity contribution in [3.05, 3.63) is 46.5 Å². The van der Waals surface area contributed by atoms with Crippen LogP contribution in [0, 0.1) is 0 Å². The zero-order chi connectivity index (χ0) is 20.9. The zero-order valence-corrected chi connectivity index (χ0v) is 18.9. The van der Waals surface area contributed by atoms with Gasteiger partial charge in [0.15, 0.2) is 0 Å². The fraction of sp³-hybridized carbons (Fsp3) is 0.542. The van der Waals surface area contributed by atoms with Crippen molar-refractivity contribution >= 4 is 28.5 Å². The summed E-state index contributed by atoms with van der Waals surface area (Å²) >= 11 is 1.75. The lowest BCUT2D eigenvalue weighted by Crippen LogP contribution is -2.48. The Morgan fingerprint density at radius 2 is 1.73 bits per heavy atom. The lowest BCUT2D eigenvalue weighted by Gasteiger charge is -2.33. The molecular weight excluding hydrogens is 392 g/mol. The number of carbonyl (C=O) groups is 1. The van der Waals surface area contributed by atoms with E-state index in [4.69, 9.17) is 0 Å². The van der Waals surface area contributed by atoms with Crippen molar-refractivity contribution in [3.8, 4) is 0 Å². The van der Waals surface area contributed by atoms with E-state index in [-0.39, 0.29) is 5.91 Å². The molecule has 160 valence electrons. The van der Waals surface area contributed by atoms with E-state index in [1.165, 1.54) is 42.7 Å². The molecule has 30 heavy (non-hydrogen) atoms. The van der Waals surface area contributed by atoms with E-state index >= 15 is 0 Å². The van der Waals surface area contributed by atoms with Gasteiger partial charge in [-0.15, -0.1) is 10.2 Å². The first-order chi connectivity index (χ1) is 14.6. The Balaban J connectivity index is 1.28. The molecule has 0 unspecified atom stereocenters. The van der Waals surface area contributed by atoms with Crippen molar-refractivity contribution in [2.45, 2.75) is 57.8 Å². The molecule has 6 heteroatoms. The van der Waals surface area contributed by atoms with Crippen molar-refractivity contribution in [1.82, 2.24) is 15.1 Å². The summed E-state index contributed by atoms with van der Waals surface area (Å²) in [5, 5.41) is 11.2. The molecule has 1 aromatic carbocycles. The molecule has 0 spiro atoms. The number of amides is 1. The van der Waals surface area contributed by atoms with E-state index in [0.29, 0.717) is 11.8 Å². The number of piperazine rings is 1. The van der Waals surface area contributed by atoms with Crippen LogP contribution in [0.25, 0.3) is 6.08 Å². The lowest BCUT2D eigenvalue weighted by atomic mass is 9.90. The predicted octanol–water partition coefficient (Wildman–Crippen LogP) is 5.07. The molecule has 5 nitrogen and oxygen atoms in total. The molecule has 0 bridgehead atoms. The highest BCUT2D eigenvalue weighted by Crippen LogP contribution is 2.36. The highest BCUT2D eigenvalue weighted by atomic mass is 32.1. The Morgan fingerprint density at radius 3 is 2.40 bits per heavy atom. The van der Waals surface area contributed by atoms with Crippen LogP contribution in [0.15, 0.2) is 30.3 Å². The first-order valence-electron chi connectivity index (χ1n) is 11.3. The van der Waals surface area contributed by atoms with Crippen LogP contribution in [-0.2, 0) is 4.79 Å². The third kappa shape index (κ3) is 5.09. The third-order valence-corrected chi connectivity index (χ3v) is 7.41. The van der Waals surface area contributed by atoms with Gasteiger partial charge in [0.25, 0.3) is 0 Å². The average molecular weight is 425 g/mol. The summed E-state index contributed by atoms with van der Waals surface area (Å²) < 4.78 is 0. The monoisotopic (exact) mass is 424 g/mol. The van der Waals surface area contributed by atoms with Gasteiger partial charge in [-0.2, -0.15) is 0 Å². The molecule has 0 N–H and O–H groups in total. The lowest BCUT2D eigenvalue weighted by molar-refractivity contribution is -0.126. The number of benzene rings is 1. The average Bonchev–Trinajstić information content (AvgIpc) is 3.29. The minimum atomic E-state index is 0.0859. The Morgan fingerprint density at radius 1 is 1.03 bits per heavy atom. The number of hydrogen-bond donors (Lipinski definition) is 0. The summed E-state index contributed by atoms with van der Waals surface area (Å²) in [7, 11) is 0. The van der Waals surface area contributed by atoms with Crippen molar-refractivity contribution in [1.29, 1.82) is 0 Å². The molecule has 0 atom stereocenters. The summed E-state index contributed by atoms with van der Waals surface area (Å²) in [6, 6.07) is 8.43. The molecule has 1 saturated carbocycles. The molecule has 2 aliphatic rings. The zero-order valence-electron chi connectivity index (χ0n) is 18.1. The maximum absolute atomic E-state index is 12.6. The largest absolute Gasteiger partial charge is 0.343 e. The van der Waals surface area contributed by atoms with Crippen LogP contribution in [-0.4, -0.2) is 47.2 Å². The molecule has 1 amide bonds. The topological polar surface area (TPSA) is 49.3 Å². The van der Waals surface area contributed by atoms with Crippen LogP contribution in [0.2, 0.25) is 0 Å². The smallest absolute Gasteiger partial charge is 0.246 e. The molecule has 1 aromatic heterocycles. The SMILES string of the molecule is CC(C)c1ccc(/C=C/C(=O)N2CCN(c3nnc(C4CCCCC4)s3)CC2)cc1. The predicted molar refractivity (Wildman–Crippen MR) is 124 cm³/mol. The van der Waals surface area contributed by atoms with Gasteiger partial charge in [-0.05, 0) is 36.0 Å². The molecular formula is C24H32N4OS. The van der Waals surface area contributed by atoms with E-state index < -0.39 is 0 Å². The van der Waals surface area contributed by atoms with Gasteiger partial charge in [-0.25, -0.2) is 0 Å². The Kier molecular flexibility index (Phi) is 6.82. The number of aromatic nitrogens is 2. The molecule has 4 rings (SSSR count). The quantitative estimate of drug-likeness (QED) is 0.629. The maximum Gasteiger partial charge on any atom is 0.246 e. The van der Waals surface area contributed by atoms with E-state index in [9.17, 15) is 4.79 Å². The Hall–Kier alpha value is -2.21. The van der Waals surface area contributed by atoms with Crippen molar-refractivity contribution in [2.24, 2.45) is 0 Å².